The Labute approximate surface area is 124 Å². The highest BCUT2D eigenvalue weighted by Crippen LogP contribution is 2.28. The van der Waals surface area contributed by atoms with Gasteiger partial charge < -0.3 is 9.64 Å². The number of benzene rings is 1. The Balaban J connectivity index is 2.00. The van der Waals surface area contributed by atoms with Crippen molar-refractivity contribution < 1.29 is 4.74 Å². The summed E-state index contributed by atoms with van der Waals surface area (Å²) in [6.45, 7) is 8.33. The molecular weight excluding hydrogens is 246 g/mol. The van der Waals surface area contributed by atoms with E-state index in [4.69, 9.17) is 4.74 Å². The fourth-order valence-electron chi connectivity index (χ4n) is 3.06. The number of nitrogens with zero attached hydrogens (tertiary/aromatic N) is 1. The fraction of sp³-hybridized carbons (Fsp3) is 0.667. The van der Waals surface area contributed by atoms with Gasteiger partial charge in [0.1, 0.15) is 0 Å². The van der Waals surface area contributed by atoms with E-state index in [1.54, 1.807) is 0 Å². The normalized spacial score (nSPS) is 17.2. The topological polar surface area (TPSA) is 12.5 Å². The number of rotatable bonds is 7. The number of unbranched alkanes of at least 4 members (excludes halogenated alkanes) is 1. The van der Waals surface area contributed by atoms with Gasteiger partial charge in [-0.25, -0.2) is 0 Å². The molecule has 0 aliphatic carbocycles. The second kappa shape index (κ2) is 8.31. The molecule has 1 saturated heterocycles. The molecule has 0 amide bonds. The molecule has 2 nitrogen and oxygen atoms in total. The summed E-state index contributed by atoms with van der Waals surface area (Å²) in [5.74, 6) is 0.749. The predicted octanol–water partition coefficient (Wildman–Crippen LogP) is 4.60. The Morgan fingerprint density at radius 3 is 2.30 bits per heavy atom. The number of hydrogen-bond donors (Lipinski definition) is 0. The van der Waals surface area contributed by atoms with Crippen molar-refractivity contribution >= 4 is 5.69 Å². The van der Waals surface area contributed by atoms with Crippen LogP contribution in [-0.4, -0.2) is 26.3 Å². The van der Waals surface area contributed by atoms with Gasteiger partial charge in [0, 0.05) is 18.8 Å². The van der Waals surface area contributed by atoms with Gasteiger partial charge in [-0.05, 0) is 36.5 Å². The van der Waals surface area contributed by atoms with E-state index in [0.717, 1.165) is 32.2 Å². The minimum atomic E-state index is 0.749. The van der Waals surface area contributed by atoms with Crippen LogP contribution in [0.5, 0.6) is 0 Å². The first-order valence-corrected chi connectivity index (χ1v) is 8.27. The third-order valence-electron chi connectivity index (χ3n) is 4.28. The summed E-state index contributed by atoms with van der Waals surface area (Å²) < 4.78 is 5.42. The lowest BCUT2D eigenvalue weighted by Gasteiger charge is -2.29. The average Bonchev–Trinajstić information content (AvgIpc) is 2.52. The van der Waals surface area contributed by atoms with Gasteiger partial charge in [-0.2, -0.15) is 0 Å². The zero-order valence-electron chi connectivity index (χ0n) is 13.1. The highest BCUT2D eigenvalue weighted by atomic mass is 16.5. The van der Waals surface area contributed by atoms with E-state index < -0.39 is 0 Å². The minimum absolute atomic E-state index is 0.749. The van der Waals surface area contributed by atoms with Gasteiger partial charge in [0.2, 0.25) is 0 Å². The molecule has 1 fully saturated rings. The van der Waals surface area contributed by atoms with Crippen molar-refractivity contribution in [1.29, 1.82) is 0 Å². The van der Waals surface area contributed by atoms with Crippen LogP contribution in [0.4, 0.5) is 5.69 Å². The van der Waals surface area contributed by atoms with E-state index in [1.165, 1.54) is 43.4 Å². The fourth-order valence-corrected chi connectivity index (χ4v) is 3.06. The van der Waals surface area contributed by atoms with E-state index >= 15 is 0 Å². The predicted molar refractivity (Wildman–Crippen MR) is 86.6 cm³/mol. The molecule has 1 heterocycles. The number of morpholine rings is 1. The summed E-state index contributed by atoms with van der Waals surface area (Å²) in [5.41, 5.74) is 2.88. The maximum Gasteiger partial charge on any atom is 0.0642 e. The largest absolute Gasteiger partial charge is 0.378 e. The molecule has 0 radical (unpaired) electrons. The molecule has 1 aliphatic rings. The van der Waals surface area contributed by atoms with Gasteiger partial charge in [-0.3, -0.25) is 0 Å². The first-order chi connectivity index (χ1) is 9.85. The lowest BCUT2D eigenvalue weighted by atomic mass is 9.89. The molecular formula is C18H29NO. The molecule has 2 rings (SSSR count). The van der Waals surface area contributed by atoms with Crippen LogP contribution in [0.25, 0.3) is 0 Å². The summed E-state index contributed by atoms with van der Waals surface area (Å²) in [6.07, 6.45) is 6.57. The van der Waals surface area contributed by atoms with Gasteiger partial charge in [0.05, 0.1) is 13.2 Å². The van der Waals surface area contributed by atoms with E-state index in [9.17, 15) is 0 Å². The smallest absolute Gasteiger partial charge is 0.0642 e. The second-order valence-electron chi connectivity index (χ2n) is 5.82. The van der Waals surface area contributed by atoms with Crippen LogP contribution in [0, 0.1) is 0 Å². The van der Waals surface area contributed by atoms with Crippen LogP contribution in [0.1, 0.15) is 57.4 Å². The van der Waals surface area contributed by atoms with E-state index in [1.807, 2.05) is 0 Å². The maximum absolute atomic E-state index is 5.42. The molecule has 2 heteroatoms. The van der Waals surface area contributed by atoms with Gasteiger partial charge in [0.15, 0.2) is 0 Å². The molecule has 1 unspecified atom stereocenters. The summed E-state index contributed by atoms with van der Waals surface area (Å²) >= 11 is 0. The van der Waals surface area contributed by atoms with Crippen molar-refractivity contribution in [3.05, 3.63) is 29.8 Å². The van der Waals surface area contributed by atoms with Crippen molar-refractivity contribution in [2.75, 3.05) is 31.2 Å². The third kappa shape index (κ3) is 4.24. The lowest BCUT2D eigenvalue weighted by Crippen LogP contribution is -2.36. The maximum atomic E-state index is 5.42. The van der Waals surface area contributed by atoms with E-state index in [-0.39, 0.29) is 0 Å². The zero-order valence-corrected chi connectivity index (χ0v) is 13.1. The van der Waals surface area contributed by atoms with Crippen molar-refractivity contribution in [2.45, 2.75) is 51.9 Å². The summed E-state index contributed by atoms with van der Waals surface area (Å²) in [4.78, 5) is 2.42. The Morgan fingerprint density at radius 1 is 1.00 bits per heavy atom. The summed E-state index contributed by atoms with van der Waals surface area (Å²) in [6, 6.07) is 9.30. The molecule has 1 aromatic carbocycles. The van der Waals surface area contributed by atoms with Gasteiger partial charge in [-0.15, -0.1) is 0 Å². The molecule has 0 N–H and O–H groups in total. The highest BCUT2D eigenvalue weighted by Gasteiger charge is 2.13. The standard InChI is InChI=1S/C18H29NO/c1-3-5-7-16(6-4-2)17-8-10-18(11-9-17)19-12-14-20-15-13-19/h8-11,16H,3-7,12-15H2,1-2H3. The third-order valence-corrected chi connectivity index (χ3v) is 4.28. The molecule has 20 heavy (non-hydrogen) atoms. The van der Waals surface area contributed by atoms with Crippen LogP contribution < -0.4 is 4.90 Å². The monoisotopic (exact) mass is 275 g/mol. The molecule has 0 aromatic heterocycles. The molecule has 1 aliphatic heterocycles. The second-order valence-corrected chi connectivity index (χ2v) is 5.82. The molecule has 0 bridgehead atoms. The lowest BCUT2D eigenvalue weighted by molar-refractivity contribution is 0.122. The molecule has 112 valence electrons. The Bertz CT molecular complexity index is 368. The molecule has 1 aromatic rings. The zero-order chi connectivity index (χ0) is 14.2. The van der Waals surface area contributed by atoms with Crippen molar-refractivity contribution in [3.63, 3.8) is 0 Å². The highest BCUT2D eigenvalue weighted by molar-refractivity contribution is 5.48. The van der Waals surface area contributed by atoms with Crippen molar-refractivity contribution in [1.82, 2.24) is 0 Å². The van der Waals surface area contributed by atoms with Crippen LogP contribution in [0.15, 0.2) is 24.3 Å². The number of anilines is 1. The summed E-state index contributed by atoms with van der Waals surface area (Å²) in [5, 5.41) is 0. The van der Waals surface area contributed by atoms with Crippen LogP contribution in [0.3, 0.4) is 0 Å². The van der Waals surface area contributed by atoms with Gasteiger partial charge in [-0.1, -0.05) is 45.2 Å². The first-order valence-electron chi connectivity index (χ1n) is 8.27. The summed E-state index contributed by atoms with van der Waals surface area (Å²) in [7, 11) is 0. The van der Waals surface area contributed by atoms with Gasteiger partial charge >= 0.3 is 0 Å². The molecule has 0 saturated carbocycles. The van der Waals surface area contributed by atoms with Crippen LogP contribution >= 0.6 is 0 Å². The van der Waals surface area contributed by atoms with E-state index in [2.05, 4.69) is 43.0 Å². The van der Waals surface area contributed by atoms with Crippen molar-refractivity contribution in [3.8, 4) is 0 Å². The van der Waals surface area contributed by atoms with Gasteiger partial charge in [0.25, 0.3) is 0 Å². The quantitative estimate of drug-likeness (QED) is 0.721. The Kier molecular flexibility index (Phi) is 6.38. The number of hydrogen-bond acceptors (Lipinski definition) is 2. The minimum Gasteiger partial charge on any atom is -0.378 e. The van der Waals surface area contributed by atoms with Crippen molar-refractivity contribution in [2.24, 2.45) is 0 Å². The SMILES string of the molecule is CCCCC(CCC)c1ccc(N2CCOCC2)cc1. The average molecular weight is 275 g/mol. The Hall–Kier alpha value is -1.02. The molecule has 1 atom stereocenters. The first kappa shape index (κ1) is 15.4. The van der Waals surface area contributed by atoms with Crippen LogP contribution in [0.2, 0.25) is 0 Å². The molecule has 0 spiro atoms. The number of ether oxygens (including phenoxy) is 1. The Morgan fingerprint density at radius 2 is 1.70 bits per heavy atom. The van der Waals surface area contributed by atoms with E-state index in [0.29, 0.717) is 0 Å². The van der Waals surface area contributed by atoms with Crippen LogP contribution in [-0.2, 0) is 4.74 Å².